The predicted molar refractivity (Wildman–Crippen MR) is 100 cm³/mol. The highest BCUT2D eigenvalue weighted by molar-refractivity contribution is 6.00. The van der Waals surface area contributed by atoms with Gasteiger partial charge in [-0.1, -0.05) is 25.0 Å². The number of para-hydroxylation sites is 1. The van der Waals surface area contributed by atoms with Gasteiger partial charge in [0.05, 0.1) is 31.1 Å². The van der Waals surface area contributed by atoms with Crippen molar-refractivity contribution in [3.63, 3.8) is 0 Å². The Morgan fingerprint density at radius 3 is 2.62 bits per heavy atom. The number of morpholine rings is 1. The molecule has 5 heteroatoms. The van der Waals surface area contributed by atoms with Gasteiger partial charge in [0.2, 0.25) is 0 Å². The summed E-state index contributed by atoms with van der Waals surface area (Å²) in [6, 6.07) is 11.9. The summed E-state index contributed by atoms with van der Waals surface area (Å²) >= 11 is 0. The van der Waals surface area contributed by atoms with Gasteiger partial charge in [0, 0.05) is 25.3 Å². The molecule has 0 bridgehead atoms. The number of benzene rings is 1. The molecule has 138 valence electrons. The minimum atomic E-state index is 0.0257. The van der Waals surface area contributed by atoms with Crippen LogP contribution in [0.3, 0.4) is 0 Å². The van der Waals surface area contributed by atoms with E-state index in [1.54, 1.807) is 6.26 Å². The van der Waals surface area contributed by atoms with Crippen molar-refractivity contribution in [2.45, 2.75) is 31.7 Å². The van der Waals surface area contributed by atoms with Crippen molar-refractivity contribution in [1.29, 1.82) is 0 Å². The van der Waals surface area contributed by atoms with Gasteiger partial charge in [-0.2, -0.15) is 0 Å². The van der Waals surface area contributed by atoms with E-state index < -0.39 is 0 Å². The van der Waals surface area contributed by atoms with Crippen LogP contribution in [0.5, 0.6) is 0 Å². The van der Waals surface area contributed by atoms with E-state index in [0.29, 0.717) is 13.2 Å². The van der Waals surface area contributed by atoms with Crippen LogP contribution in [0.2, 0.25) is 0 Å². The van der Waals surface area contributed by atoms with Gasteiger partial charge in [-0.3, -0.25) is 4.79 Å². The fraction of sp³-hybridized carbons (Fsp3) is 0.476. The predicted octanol–water partition coefficient (Wildman–Crippen LogP) is 3.87. The van der Waals surface area contributed by atoms with Crippen LogP contribution in [-0.2, 0) is 4.74 Å². The SMILES string of the molecule is O=C(c1ccccc1N1CCOCC1)N1CCCCC[C@H]1c1ccco1. The largest absolute Gasteiger partial charge is 0.467 e. The van der Waals surface area contributed by atoms with Crippen molar-refractivity contribution < 1.29 is 13.9 Å². The molecule has 1 aromatic heterocycles. The molecule has 0 radical (unpaired) electrons. The molecule has 2 saturated heterocycles. The van der Waals surface area contributed by atoms with E-state index in [0.717, 1.165) is 62.3 Å². The lowest BCUT2D eigenvalue weighted by Gasteiger charge is -2.33. The van der Waals surface area contributed by atoms with Crippen LogP contribution >= 0.6 is 0 Å². The topological polar surface area (TPSA) is 45.9 Å². The van der Waals surface area contributed by atoms with Gasteiger partial charge in [-0.15, -0.1) is 0 Å². The Morgan fingerprint density at radius 1 is 0.962 bits per heavy atom. The summed E-state index contributed by atoms with van der Waals surface area (Å²) in [5.74, 6) is 1.000. The first-order valence-corrected chi connectivity index (χ1v) is 9.61. The second-order valence-electron chi connectivity index (χ2n) is 7.00. The van der Waals surface area contributed by atoms with E-state index in [4.69, 9.17) is 9.15 Å². The molecule has 5 nitrogen and oxygen atoms in total. The fourth-order valence-corrected chi connectivity index (χ4v) is 4.02. The summed E-state index contributed by atoms with van der Waals surface area (Å²) in [7, 11) is 0. The zero-order valence-electron chi connectivity index (χ0n) is 15.1. The maximum absolute atomic E-state index is 13.5. The maximum atomic E-state index is 13.5. The zero-order valence-corrected chi connectivity index (χ0v) is 15.1. The third-order valence-corrected chi connectivity index (χ3v) is 5.37. The number of hydrogen-bond donors (Lipinski definition) is 0. The second kappa shape index (κ2) is 7.96. The Bertz CT molecular complexity index is 723. The number of ether oxygens (including phenoxy) is 1. The summed E-state index contributed by atoms with van der Waals surface area (Å²) in [5.41, 5.74) is 1.80. The van der Waals surface area contributed by atoms with Crippen molar-refractivity contribution >= 4 is 11.6 Å². The smallest absolute Gasteiger partial charge is 0.256 e. The lowest BCUT2D eigenvalue weighted by atomic mass is 10.0. The van der Waals surface area contributed by atoms with Crippen LogP contribution in [0.15, 0.2) is 47.1 Å². The Kier molecular flexibility index (Phi) is 5.25. The van der Waals surface area contributed by atoms with Crippen molar-refractivity contribution in [2.24, 2.45) is 0 Å². The van der Waals surface area contributed by atoms with E-state index in [1.165, 1.54) is 0 Å². The minimum absolute atomic E-state index is 0.0257. The molecule has 1 aromatic carbocycles. The molecular formula is C21H26N2O3. The molecule has 0 N–H and O–H groups in total. The lowest BCUT2D eigenvalue weighted by molar-refractivity contribution is 0.0658. The van der Waals surface area contributed by atoms with E-state index in [2.05, 4.69) is 11.0 Å². The van der Waals surface area contributed by atoms with Crippen molar-refractivity contribution in [3.05, 3.63) is 54.0 Å². The van der Waals surface area contributed by atoms with Crippen molar-refractivity contribution in [3.8, 4) is 0 Å². The van der Waals surface area contributed by atoms with Crippen LogP contribution in [0.1, 0.15) is 47.8 Å². The summed E-state index contributed by atoms with van der Waals surface area (Å²) in [6.07, 6.45) is 5.98. The molecule has 2 aliphatic heterocycles. The lowest BCUT2D eigenvalue weighted by Crippen LogP contribution is -2.39. The average Bonchev–Trinajstić information content (AvgIpc) is 3.12. The van der Waals surface area contributed by atoms with Crippen LogP contribution in [0.4, 0.5) is 5.69 Å². The zero-order chi connectivity index (χ0) is 17.8. The highest BCUT2D eigenvalue weighted by atomic mass is 16.5. The number of furan rings is 1. The first-order valence-electron chi connectivity index (χ1n) is 9.61. The van der Waals surface area contributed by atoms with E-state index >= 15 is 0 Å². The highest BCUT2D eigenvalue weighted by Crippen LogP contribution is 2.33. The first kappa shape index (κ1) is 17.2. The van der Waals surface area contributed by atoms with Crippen LogP contribution in [0, 0.1) is 0 Å². The molecule has 3 heterocycles. The van der Waals surface area contributed by atoms with Gasteiger partial charge in [0.25, 0.3) is 5.91 Å². The number of carbonyl (C=O) groups excluding carboxylic acids is 1. The van der Waals surface area contributed by atoms with Crippen LogP contribution < -0.4 is 4.90 Å². The number of likely N-dealkylation sites (tertiary alicyclic amines) is 1. The number of amides is 1. The van der Waals surface area contributed by atoms with Gasteiger partial charge in [0.1, 0.15) is 5.76 Å². The molecule has 0 saturated carbocycles. The number of anilines is 1. The molecule has 0 spiro atoms. The molecule has 2 fully saturated rings. The average molecular weight is 354 g/mol. The third kappa shape index (κ3) is 3.49. The molecule has 0 unspecified atom stereocenters. The van der Waals surface area contributed by atoms with Gasteiger partial charge < -0.3 is 19.0 Å². The Hall–Kier alpha value is -2.27. The van der Waals surface area contributed by atoms with Gasteiger partial charge in [0.15, 0.2) is 0 Å². The molecule has 26 heavy (non-hydrogen) atoms. The third-order valence-electron chi connectivity index (χ3n) is 5.37. The fourth-order valence-electron chi connectivity index (χ4n) is 4.02. The molecule has 0 aliphatic carbocycles. The number of carbonyl (C=O) groups is 1. The standard InChI is InChI=1S/C21H26N2O3/c24-21(17-7-3-4-8-18(17)22-12-15-25-16-13-22)23-11-5-1-2-9-19(23)20-10-6-14-26-20/h3-4,6-8,10,14,19H,1-2,5,9,11-13,15-16H2/t19-/m0/s1. The van der Waals surface area contributed by atoms with Crippen LogP contribution in [-0.4, -0.2) is 43.7 Å². The van der Waals surface area contributed by atoms with Gasteiger partial charge >= 0.3 is 0 Å². The van der Waals surface area contributed by atoms with Gasteiger partial charge in [-0.05, 0) is 37.1 Å². The van der Waals surface area contributed by atoms with E-state index in [9.17, 15) is 4.79 Å². The monoisotopic (exact) mass is 354 g/mol. The number of hydrogen-bond acceptors (Lipinski definition) is 4. The van der Waals surface area contributed by atoms with E-state index in [-0.39, 0.29) is 11.9 Å². The Balaban J connectivity index is 1.65. The number of rotatable bonds is 3. The molecule has 1 atom stereocenters. The Morgan fingerprint density at radius 2 is 1.81 bits per heavy atom. The Labute approximate surface area is 154 Å². The van der Waals surface area contributed by atoms with Crippen LogP contribution in [0.25, 0.3) is 0 Å². The first-order chi connectivity index (χ1) is 12.8. The molecule has 2 aliphatic rings. The second-order valence-corrected chi connectivity index (χ2v) is 7.00. The summed E-state index contributed by atoms with van der Waals surface area (Å²) in [4.78, 5) is 17.8. The van der Waals surface area contributed by atoms with Crippen molar-refractivity contribution in [1.82, 2.24) is 4.90 Å². The van der Waals surface area contributed by atoms with Crippen molar-refractivity contribution in [2.75, 3.05) is 37.7 Å². The quantitative estimate of drug-likeness (QED) is 0.839. The summed E-state index contributed by atoms with van der Waals surface area (Å²) in [6.45, 7) is 3.85. The summed E-state index contributed by atoms with van der Waals surface area (Å²) in [5, 5.41) is 0. The summed E-state index contributed by atoms with van der Waals surface area (Å²) < 4.78 is 11.1. The number of nitrogens with zero attached hydrogens (tertiary/aromatic N) is 2. The van der Waals surface area contributed by atoms with Gasteiger partial charge in [-0.25, -0.2) is 0 Å². The molecule has 1 amide bonds. The minimum Gasteiger partial charge on any atom is -0.467 e. The normalized spacial score (nSPS) is 21.5. The van der Waals surface area contributed by atoms with E-state index in [1.807, 2.05) is 35.2 Å². The maximum Gasteiger partial charge on any atom is 0.256 e. The molecular weight excluding hydrogens is 328 g/mol. The molecule has 2 aromatic rings. The molecule has 4 rings (SSSR count). The highest BCUT2D eigenvalue weighted by Gasteiger charge is 2.31.